The molecule has 11 aromatic rings. The van der Waals surface area contributed by atoms with Crippen LogP contribution in [0.4, 0.5) is 34.1 Å². The smallest absolute Gasteiger partial charge is 0.0618 e. The molecule has 0 radical (unpaired) electrons. The van der Waals surface area contributed by atoms with Crippen molar-refractivity contribution in [2.75, 3.05) is 9.80 Å². The summed E-state index contributed by atoms with van der Waals surface area (Å²) >= 11 is 0. The molecule has 63 heavy (non-hydrogen) atoms. The fourth-order valence-electron chi connectivity index (χ4n) is 10.2. The Morgan fingerprint density at radius 1 is 0.349 bits per heavy atom. The Balaban J connectivity index is 1.11. The van der Waals surface area contributed by atoms with Crippen molar-refractivity contribution in [1.29, 1.82) is 0 Å². The molecule has 1 heterocycles. The van der Waals surface area contributed by atoms with Gasteiger partial charge in [0.1, 0.15) is 0 Å². The summed E-state index contributed by atoms with van der Waals surface area (Å²) in [4.78, 5) is 5.03. The van der Waals surface area contributed by atoms with Crippen molar-refractivity contribution in [1.82, 2.24) is 0 Å². The number of benzene rings is 11. The lowest BCUT2D eigenvalue weighted by Gasteiger charge is -2.43. The van der Waals surface area contributed by atoms with Gasteiger partial charge in [0.25, 0.3) is 0 Å². The number of rotatable bonds is 6. The quantitative estimate of drug-likeness (QED) is 0.155. The molecule has 0 saturated heterocycles. The second kappa shape index (κ2) is 14.6. The second-order valence-corrected chi connectivity index (χ2v) is 17.3. The zero-order chi connectivity index (χ0) is 42.1. The topological polar surface area (TPSA) is 6.48 Å². The van der Waals surface area contributed by atoms with Crippen LogP contribution in [-0.4, -0.2) is 0 Å². The van der Waals surface area contributed by atoms with Crippen LogP contribution in [0.1, 0.15) is 25.0 Å². The molecule has 0 fully saturated rings. The Morgan fingerprint density at radius 2 is 0.921 bits per heavy atom. The van der Waals surface area contributed by atoms with Crippen LogP contribution in [0, 0.1) is 0 Å². The lowest BCUT2D eigenvalue weighted by Crippen LogP contribution is -2.31. The summed E-state index contributed by atoms with van der Waals surface area (Å²) in [5.41, 5.74) is 14.0. The third kappa shape index (κ3) is 6.02. The molecule has 0 N–H and O–H groups in total. The van der Waals surface area contributed by atoms with Crippen LogP contribution >= 0.6 is 0 Å². The standard InChI is InChI=1S/C61H44N2/c1-61(2)55-26-14-15-27-57(55)63(60-51-23-11-8-19-44(51)32-36-52(60)47-29-28-42-18-6-7-20-45(42)38-47)58-37-35-49(40-56(58)61)62(48-33-30-43(31-34-48)41-16-4-3-5-17-41)59-39-46-21-9-10-22-50(46)53-24-12-13-25-54(53)59/h3-40H,1-2H3. The van der Waals surface area contributed by atoms with Gasteiger partial charge in [0.05, 0.1) is 22.7 Å². The highest BCUT2D eigenvalue weighted by Crippen LogP contribution is 2.56. The first kappa shape index (κ1) is 36.9. The largest absolute Gasteiger partial charge is 0.310 e. The van der Waals surface area contributed by atoms with Crippen molar-refractivity contribution >= 4 is 77.2 Å². The third-order valence-electron chi connectivity index (χ3n) is 13.4. The van der Waals surface area contributed by atoms with Crippen molar-refractivity contribution in [3.05, 3.63) is 242 Å². The van der Waals surface area contributed by atoms with Crippen LogP contribution < -0.4 is 9.80 Å². The molecule has 1 aliphatic rings. The van der Waals surface area contributed by atoms with E-state index < -0.39 is 0 Å². The highest BCUT2D eigenvalue weighted by molar-refractivity contribution is 6.15. The van der Waals surface area contributed by atoms with Crippen molar-refractivity contribution in [3.8, 4) is 22.3 Å². The van der Waals surface area contributed by atoms with Gasteiger partial charge < -0.3 is 9.80 Å². The van der Waals surface area contributed by atoms with E-state index in [0.717, 1.165) is 17.1 Å². The molecular formula is C61H44N2. The predicted octanol–water partition coefficient (Wildman–Crippen LogP) is 17.2. The molecule has 0 atom stereocenters. The fraction of sp³-hybridized carbons (Fsp3) is 0.0492. The minimum atomic E-state index is -0.319. The molecule has 0 amide bonds. The SMILES string of the molecule is CC1(C)c2ccccc2N(c2c(-c3ccc4ccccc4c3)ccc3ccccc23)c2ccc(N(c3ccc(-c4ccccc4)cc3)c3cc4ccccc4c4ccccc34)cc21. The van der Waals surface area contributed by atoms with Crippen LogP contribution in [0.25, 0.3) is 65.3 Å². The van der Waals surface area contributed by atoms with E-state index in [0.29, 0.717) is 0 Å². The Kier molecular flexibility index (Phi) is 8.55. The van der Waals surface area contributed by atoms with Gasteiger partial charge in [0.15, 0.2) is 0 Å². The maximum atomic E-state index is 2.55. The van der Waals surface area contributed by atoms with Crippen LogP contribution in [0.3, 0.4) is 0 Å². The van der Waals surface area contributed by atoms with Gasteiger partial charge in [-0.25, -0.2) is 0 Å². The normalized spacial score (nSPS) is 13.0. The molecule has 2 heteroatoms. The molecule has 0 aliphatic carbocycles. The predicted molar refractivity (Wildman–Crippen MR) is 269 cm³/mol. The second-order valence-electron chi connectivity index (χ2n) is 17.3. The summed E-state index contributed by atoms with van der Waals surface area (Å²) in [5, 5.41) is 9.83. The molecule has 2 nitrogen and oxygen atoms in total. The van der Waals surface area contributed by atoms with Gasteiger partial charge in [-0.3, -0.25) is 0 Å². The zero-order valence-electron chi connectivity index (χ0n) is 35.3. The number of fused-ring (bicyclic) bond motifs is 7. The van der Waals surface area contributed by atoms with Crippen molar-refractivity contribution in [2.24, 2.45) is 0 Å². The monoisotopic (exact) mass is 804 g/mol. The summed E-state index contributed by atoms with van der Waals surface area (Å²) in [7, 11) is 0. The summed E-state index contributed by atoms with van der Waals surface area (Å²) in [6.07, 6.45) is 0. The van der Waals surface area contributed by atoms with Gasteiger partial charge in [0, 0.05) is 33.1 Å². The van der Waals surface area contributed by atoms with E-state index in [1.807, 2.05) is 0 Å². The molecule has 0 unspecified atom stereocenters. The maximum Gasteiger partial charge on any atom is 0.0618 e. The van der Waals surface area contributed by atoms with Crippen molar-refractivity contribution < 1.29 is 0 Å². The van der Waals surface area contributed by atoms with Gasteiger partial charge in [-0.05, 0) is 109 Å². The summed E-state index contributed by atoms with van der Waals surface area (Å²) < 4.78 is 0. The third-order valence-corrected chi connectivity index (χ3v) is 13.4. The Morgan fingerprint density at radius 3 is 1.73 bits per heavy atom. The molecule has 0 aromatic heterocycles. The van der Waals surface area contributed by atoms with Crippen molar-refractivity contribution in [2.45, 2.75) is 19.3 Å². The van der Waals surface area contributed by atoms with Crippen LogP contribution in [0.5, 0.6) is 0 Å². The average Bonchev–Trinajstić information content (AvgIpc) is 3.34. The van der Waals surface area contributed by atoms with E-state index in [-0.39, 0.29) is 5.41 Å². The molecule has 0 spiro atoms. The lowest BCUT2D eigenvalue weighted by atomic mass is 9.73. The highest BCUT2D eigenvalue weighted by Gasteiger charge is 2.38. The molecule has 298 valence electrons. The Hall–Kier alpha value is -7.94. The average molecular weight is 805 g/mol. The van der Waals surface area contributed by atoms with E-state index in [2.05, 4.69) is 254 Å². The van der Waals surface area contributed by atoms with E-state index >= 15 is 0 Å². The number of hydrogen-bond acceptors (Lipinski definition) is 2. The molecule has 11 aromatic carbocycles. The number of hydrogen-bond donors (Lipinski definition) is 0. The van der Waals surface area contributed by atoms with Crippen molar-refractivity contribution in [3.63, 3.8) is 0 Å². The van der Waals surface area contributed by atoms with Crippen LogP contribution in [-0.2, 0) is 5.41 Å². The van der Waals surface area contributed by atoms with E-state index in [4.69, 9.17) is 0 Å². The summed E-state index contributed by atoms with van der Waals surface area (Å²) in [6, 6.07) is 85.0. The number of nitrogens with zero attached hydrogens (tertiary/aromatic N) is 2. The van der Waals surface area contributed by atoms with Gasteiger partial charge in [-0.1, -0.05) is 196 Å². The Bertz CT molecular complexity index is 3550. The molecule has 1 aliphatic heterocycles. The van der Waals surface area contributed by atoms with Gasteiger partial charge in [0.2, 0.25) is 0 Å². The first-order valence-electron chi connectivity index (χ1n) is 21.9. The Labute approximate surface area is 368 Å². The first-order chi connectivity index (χ1) is 31.0. The lowest BCUT2D eigenvalue weighted by molar-refractivity contribution is 0.632. The molecule has 0 saturated carbocycles. The van der Waals surface area contributed by atoms with Gasteiger partial charge in [-0.2, -0.15) is 0 Å². The number of anilines is 6. The minimum Gasteiger partial charge on any atom is -0.310 e. The van der Waals surface area contributed by atoms with Crippen LogP contribution in [0.15, 0.2) is 231 Å². The summed E-state index contributed by atoms with van der Waals surface area (Å²) in [5.74, 6) is 0. The molecule has 0 bridgehead atoms. The van der Waals surface area contributed by atoms with E-state index in [1.54, 1.807) is 0 Å². The minimum absolute atomic E-state index is 0.319. The van der Waals surface area contributed by atoms with E-state index in [1.165, 1.54) is 93.5 Å². The van der Waals surface area contributed by atoms with Crippen LogP contribution in [0.2, 0.25) is 0 Å². The maximum absolute atomic E-state index is 2.55. The summed E-state index contributed by atoms with van der Waals surface area (Å²) in [6.45, 7) is 4.78. The van der Waals surface area contributed by atoms with Gasteiger partial charge in [-0.15, -0.1) is 0 Å². The highest BCUT2D eigenvalue weighted by atomic mass is 15.2. The fourth-order valence-corrected chi connectivity index (χ4v) is 10.2. The van der Waals surface area contributed by atoms with E-state index in [9.17, 15) is 0 Å². The number of para-hydroxylation sites is 1. The molecule has 12 rings (SSSR count). The molecular weight excluding hydrogens is 761 g/mol. The van der Waals surface area contributed by atoms with Gasteiger partial charge >= 0.3 is 0 Å². The first-order valence-corrected chi connectivity index (χ1v) is 21.9. The zero-order valence-corrected chi connectivity index (χ0v) is 35.3.